The largest absolute Gasteiger partial charge is 0.496 e. The highest BCUT2D eigenvalue weighted by molar-refractivity contribution is 5.40. The Bertz CT molecular complexity index is 362. The molecule has 0 aliphatic heterocycles. The monoisotopic (exact) mass is 223 g/mol. The molecule has 0 heterocycles. The summed E-state index contributed by atoms with van der Waals surface area (Å²) in [5, 5.41) is 0. The Morgan fingerprint density at radius 1 is 1.33 bits per heavy atom. The Morgan fingerprint density at radius 2 is 1.93 bits per heavy atom. The fourth-order valence-electron chi connectivity index (χ4n) is 1.14. The van der Waals surface area contributed by atoms with Gasteiger partial charge in [0.1, 0.15) is 17.1 Å². The van der Waals surface area contributed by atoms with E-state index in [1.165, 1.54) is 0 Å². The summed E-state index contributed by atoms with van der Waals surface area (Å²) in [5.41, 5.74) is 4.00. The molecule has 0 radical (unpaired) electrons. The quantitative estimate of drug-likeness (QED) is 0.781. The third-order valence-electron chi connectivity index (χ3n) is 1.89. The second-order valence-electron chi connectivity index (χ2n) is 2.85. The number of nitrogens with two attached hydrogens (primary N) is 1. The maximum Gasteiger partial charge on any atom is 0.420 e. The van der Waals surface area contributed by atoms with E-state index in [0.717, 1.165) is 13.2 Å². The molecule has 0 atom stereocenters. The fourth-order valence-corrected chi connectivity index (χ4v) is 1.14. The van der Waals surface area contributed by atoms with Crippen LogP contribution in [-0.4, -0.2) is 7.11 Å². The molecule has 0 saturated carbocycles. The molecule has 1 aromatic carbocycles. The van der Waals surface area contributed by atoms with E-state index in [2.05, 4.69) is 4.74 Å². The van der Waals surface area contributed by atoms with Gasteiger partial charge in [-0.3, -0.25) is 0 Å². The molecule has 1 aromatic rings. The molecule has 0 bridgehead atoms. The lowest BCUT2D eigenvalue weighted by atomic mass is 10.1. The van der Waals surface area contributed by atoms with Crippen molar-refractivity contribution in [1.29, 1.82) is 0 Å². The summed E-state index contributed by atoms with van der Waals surface area (Å²) >= 11 is 0. The first-order valence-corrected chi connectivity index (χ1v) is 4.03. The van der Waals surface area contributed by atoms with Gasteiger partial charge in [-0.1, -0.05) is 0 Å². The highest BCUT2D eigenvalue weighted by Gasteiger charge is 2.35. The van der Waals surface area contributed by atoms with Crippen molar-refractivity contribution in [2.45, 2.75) is 12.7 Å². The smallest absolute Gasteiger partial charge is 0.420 e. The molecule has 2 N–H and O–H groups in total. The first kappa shape index (κ1) is 11.8. The van der Waals surface area contributed by atoms with Gasteiger partial charge in [-0.05, 0) is 12.1 Å². The third kappa shape index (κ3) is 2.38. The van der Waals surface area contributed by atoms with Gasteiger partial charge < -0.3 is 10.5 Å². The van der Waals surface area contributed by atoms with E-state index in [1.807, 2.05) is 0 Å². The maximum atomic E-state index is 13.1. The van der Waals surface area contributed by atoms with E-state index in [0.29, 0.717) is 6.07 Å². The van der Waals surface area contributed by atoms with Gasteiger partial charge in [0, 0.05) is 12.1 Å². The Balaban J connectivity index is 3.34. The first-order chi connectivity index (χ1) is 6.90. The summed E-state index contributed by atoms with van der Waals surface area (Å²) in [6.07, 6.45) is -4.64. The van der Waals surface area contributed by atoms with Crippen molar-refractivity contribution in [3.05, 3.63) is 29.1 Å². The molecule has 0 aliphatic rings. The normalized spacial score (nSPS) is 11.6. The SMILES string of the molecule is COc1cc(CN)c(F)cc1C(F)(F)F. The fraction of sp³-hybridized carbons (Fsp3) is 0.333. The van der Waals surface area contributed by atoms with Gasteiger partial charge in [0.05, 0.1) is 7.11 Å². The molecule has 0 unspecified atom stereocenters. The number of rotatable bonds is 2. The number of halogens is 4. The molecule has 84 valence electrons. The average molecular weight is 223 g/mol. The summed E-state index contributed by atoms with van der Waals surface area (Å²) in [5.74, 6) is -1.41. The van der Waals surface area contributed by atoms with E-state index >= 15 is 0 Å². The second-order valence-corrected chi connectivity index (χ2v) is 2.85. The third-order valence-corrected chi connectivity index (χ3v) is 1.89. The summed E-state index contributed by atoms with van der Waals surface area (Å²) in [6.45, 7) is -0.180. The first-order valence-electron chi connectivity index (χ1n) is 4.03. The summed E-state index contributed by atoms with van der Waals surface area (Å²) in [4.78, 5) is 0. The Kier molecular flexibility index (Phi) is 3.18. The van der Waals surface area contributed by atoms with Crippen molar-refractivity contribution in [2.24, 2.45) is 5.73 Å². The molecule has 0 amide bonds. The molecule has 0 saturated heterocycles. The second kappa shape index (κ2) is 4.06. The molecule has 2 nitrogen and oxygen atoms in total. The maximum absolute atomic E-state index is 13.1. The van der Waals surface area contributed by atoms with Crippen LogP contribution in [-0.2, 0) is 12.7 Å². The number of benzene rings is 1. The van der Waals surface area contributed by atoms with Crippen molar-refractivity contribution in [3.8, 4) is 5.75 Å². The van der Waals surface area contributed by atoms with Crippen LogP contribution in [0.3, 0.4) is 0 Å². The molecule has 0 aliphatic carbocycles. The Morgan fingerprint density at radius 3 is 2.33 bits per heavy atom. The zero-order valence-corrected chi connectivity index (χ0v) is 7.86. The minimum absolute atomic E-state index is 0.0140. The van der Waals surface area contributed by atoms with Gasteiger partial charge in [-0.25, -0.2) is 4.39 Å². The summed E-state index contributed by atoms with van der Waals surface area (Å²) in [6, 6.07) is 1.35. The number of hydrogen-bond acceptors (Lipinski definition) is 2. The number of hydrogen-bond donors (Lipinski definition) is 1. The van der Waals surface area contributed by atoms with E-state index in [9.17, 15) is 17.6 Å². The van der Waals surface area contributed by atoms with Gasteiger partial charge in [0.2, 0.25) is 0 Å². The summed E-state index contributed by atoms with van der Waals surface area (Å²) < 4.78 is 54.7. The average Bonchev–Trinajstić information content (AvgIpc) is 2.16. The van der Waals surface area contributed by atoms with Crippen LogP contribution in [0, 0.1) is 5.82 Å². The predicted octanol–water partition coefficient (Wildman–Crippen LogP) is 2.31. The Hall–Kier alpha value is -1.30. The number of methoxy groups -OCH3 is 1. The zero-order valence-electron chi connectivity index (χ0n) is 7.86. The highest BCUT2D eigenvalue weighted by Crippen LogP contribution is 2.37. The minimum atomic E-state index is -4.64. The van der Waals surface area contributed by atoms with Crippen LogP contribution < -0.4 is 10.5 Å². The van der Waals surface area contributed by atoms with Crippen LogP contribution in [0.25, 0.3) is 0 Å². The highest BCUT2D eigenvalue weighted by atomic mass is 19.4. The zero-order chi connectivity index (χ0) is 11.6. The molecule has 1 rings (SSSR count). The Labute approximate surface area is 83.6 Å². The topological polar surface area (TPSA) is 35.2 Å². The lowest BCUT2D eigenvalue weighted by molar-refractivity contribution is -0.139. The minimum Gasteiger partial charge on any atom is -0.496 e. The van der Waals surface area contributed by atoms with Gasteiger partial charge in [-0.2, -0.15) is 13.2 Å². The van der Waals surface area contributed by atoms with E-state index < -0.39 is 23.3 Å². The van der Waals surface area contributed by atoms with Crippen LogP contribution in [0.4, 0.5) is 17.6 Å². The molecule has 0 fully saturated rings. The van der Waals surface area contributed by atoms with E-state index in [1.54, 1.807) is 0 Å². The van der Waals surface area contributed by atoms with Gasteiger partial charge >= 0.3 is 6.18 Å². The van der Waals surface area contributed by atoms with Crippen LogP contribution in [0.15, 0.2) is 12.1 Å². The van der Waals surface area contributed by atoms with Gasteiger partial charge in [-0.15, -0.1) is 0 Å². The van der Waals surface area contributed by atoms with Crippen molar-refractivity contribution < 1.29 is 22.3 Å². The molecular formula is C9H9F4NO. The van der Waals surface area contributed by atoms with Crippen molar-refractivity contribution in [2.75, 3.05) is 7.11 Å². The lowest BCUT2D eigenvalue weighted by Gasteiger charge is -2.13. The van der Waals surface area contributed by atoms with E-state index in [4.69, 9.17) is 5.73 Å². The van der Waals surface area contributed by atoms with Gasteiger partial charge in [0.15, 0.2) is 0 Å². The van der Waals surface area contributed by atoms with Gasteiger partial charge in [0.25, 0.3) is 0 Å². The van der Waals surface area contributed by atoms with Crippen molar-refractivity contribution in [3.63, 3.8) is 0 Å². The molecule has 6 heteroatoms. The number of ether oxygens (including phenoxy) is 1. The molecular weight excluding hydrogens is 214 g/mol. The van der Waals surface area contributed by atoms with Crippen molar-refractivity contribution >= 4 is 0 Å². The van der Waals surface area contributed by atoms with Crippen molar-refractivity contribution in [1.82, 2.24) is 0 Å². The van der Waals surface area contributed by atoms with Crippen LogP contribution in [0.2, 0.25) is 0 Å². The molecule has 15 heavy (non-hydrogen) atoms. The van der Waals surface area contributed by atoms with Crippen LogP contribution in [0.5, 0.6) is 5.75 Å². The standard InChI is InChI=1S/C9H9F4NO/c1-15-8-2-5(4-14)7(10)3-6(8)9(11,12)13/h2-3H,4,14H2,1H3. The summed E-state index contributed by atoms with van der Waals surface area (Å²) in [7, 11) is 1.09. The molecule has 0 spiro atoms. The molecule has 0 aromatic heterocycles. The van der Waals surface area contributed by atoms with Crippen LogP contribution in [0.1, 0.15) is 11.1 Å². The predicted molar refractivity (Wildman–Crippen MR) is 45.8 cm³/mol. The van der Waals surface area contributed by atoms with E-state index in [-0.39, 0.29) is 12.1 Å². The number of alkyl halides is 3. The van der Waals surface area contributed by atoms with Crippen LogP contribution >= 0.6 is 0 Å². The lowest BCUT2D eigenvalue weighted by Crippen LogP contribution is -2.10.